The number of hydrogen-bond acceptors (Lipinski definition) is 4. The van der Waals surface area contributed by atoms with Crippen molar-refractivity contribution in [3.05, 3.63) is 59.7 Å². The molecule has 0 heterocycles. The molecule has 0 bridgehead atoms. The predicted octanol–water partition coefficient (Wildman–Crippen LogP) is 2.35. The van der Waals surface area contributed by atoms with Crippen LogP contribution >= 0.6 is 0 Å². The molecule has 1 fully saturated rings. The molecule has 0 aliphatic heterocycles. The van der Waals surface area contributed by atoms with Crippen LogP contribution in [0.25, 0.3) is 0 Å². The van der Waals surface area contributed by atoms with Crippen molar-refractivity contribution in [3.8, 4) is 11.5 Å². The van der Waals surface area contributed by atoms with Crippen molar-refractivity contribution >= 4 is 12.1 Å². The van der Waals surface area contributed by atoms with E-state index in [0.717, 1.165) is 6.42 Å². The number of nitrogens with zero attached hydrogens (tertiary/aromatic N) is 1. The van der Waals surface area contributed by atoms with Crippen LogP contribution in [0.4, 0.5) is 0 Å². The molecule has 5 nitrogen and oxygen atoms in total. The van der Waals surface area contributed by atoms with Crippen LogP contribution < -0.4 is 5.43 Å². The van der Waals surface area contributed by atoms with Gasteiger partial charge in [0.2, 0.25) is 5.91 Å². The fourth-order valence-electron chi connectivity index (χ4n) is 2.44. The van der Waals surface area contributed by atoms with Gasteiger partial charge < -0.3 is 10.2 Å². The van der Waals surface area contributed by atoms with Gasteiger partial charge in [-0.05, 0) is 30.0 Å². The normalized spacial score (nSPS) is 20.0. The van der Waals surface area contributed by atoms with Crippen molar-refractivity contribution in [1.82, 2.24) is 5.43 Å². The van der Waals surface area contributed by atoms with Crippen molar-refractivity contribution in [2.75, 3.05) is 0 Å². The lowest BCUT2D eigenvalue weighted by molar-refractivity contribution is -0.122. The molecule has 1 amide bonds. The monoisotopic (exact) mass is 296 g/mol. The lowest BCUT2D eigenvalue weighted by atomic mass is 10.1. The number of hydrazone groups is 1. The van der Waals surface area contributed by atoms with E-state index >= 15 is 0 Å². The van der Waals surface area contributed by atoms with Gasteiger partial charge in [0, 0.05) is 17.5 Å². The highest BCUT2D eigenvalue weighted by atomic mass is 16.3. The standard InChI is InChI=1S/C17H16N2O3/c20-13-7-6-12(16(21)8-13)10-18-19-17(22)15-9-14(15)11-4-2-1-3-5-11/h1-8,10,14-15,20-21H,9H2,(H,19,22)/b18-10+/t14-,15+/m1/s1. The Labute approximate surface area is 127 Å². The van der Waals surface area contributed by atoms with Crippen LogP contribution in [-0.2, 0) is 4.79 Å². The Hall–Kier alpha value is -2.82. The first kappa shape index (κ1) is 14.1. The molecule has 5 heteroatoms. The average Bonchev–Trinajstić information content (AvgIpc) is 3.31. The number of nitrogens with one attached hydrogen (secondary N) is 1. The van der Waals surface area contributed by atoms with Crippen LogP contribution in [0.1, 0.15) is 23.5 Å². The topological polar surface area (TPSA) is 81.9 Å². The number of phenolic OH excluding ortho intramolecular Hbond substituents is 2. The zero-order valence-corrected chi connectivity index (χ0v) is 11.8. The number of benzene rings is 2. The fourth-order valence-corrected chi connectivity index (χ4v) is 2.44. The van der Waals surface area contributed by atoms with E-state index in [1.807, 2.05) is 30.3 Å². The number of carbonyl (C=O) groups excluding carboxylic acids is 1. The van der Waals surface area contributed by atoms with Crippen molar-refractivity contribution in [1.29, 1.82) is 0 Å². The molecular weight excluding hydrogens is 280 g/mol. The van der Waals surface area contributed by atoms with E-state index in [-0.39, 0.29) is 29.2 Å². The Morgan fingerprint density at radius 2 is 1.95 bits per heavy atom. The summed E-state index contributed by atoms with van der Waals surface area (Å²) in [6.45, 7) is 0. The number of carbonyl (C=O) groups is 1. The smallest absolute Gasteiger partial charge is 0.243 e. The molecule has 0 unspecified atom stereocenters. The highest BCUT2D eigenvalue weighted by Gasteiger charge is 2.43. The molecule has 0 aromatic heterocycles. The molecule has 0 radical (unpaired) electrons. The van der Waals surface area contributed by atoms with Crippen molar-refractivity contribution < 1.29 is 15.0 Å². The number of hydrogen-bond donors (Lipinski definition) is 3. The third kappa shape index (κ3) is 3.09. The van der Waals surface area contributed by atoms with Gasteiger partial charge in [-0.15, -0.1) is 0 Å². The van der Waals surface area contributed by atoms with Crippen LogP contribution in [0.2, 0.25) is 0 Å². The molecule has 2 atom stereocenters. The van der Waals surface area contributed by atoms with Gasteiger partial charge in [0.1, 0.15) is 11.5 Å². The van der Waals surface area contributed by atoms with E-state index in [9.17, 15) is 15.0 Å². The van der Waals surface area contributed by atoms with E-state index < -0.39 is 0 Å². The molecule has 112 valence electrons. The predicted molar refractivity (Wildman–Crippen MR) is 82.8 cm³/mol. The third-order valence-electron chi connectivity index (χ3n) is 3.75. The Balaban J connectivity index is 1.56. The van der Waals surface area contributed by atoms with Gasteiger partial charge in [-0.25, -0.2) is 5.43 Å². The molecule has 1 aliphatic carbocycles. The highest BCUT2D eigenvalue weighted by Crippen LogP contribution is 2.47. The summed E-state index contributed by atoms with van der Waals surface area (Å²) in [7, 11) is 0. The molecular formula is C17H16N2O3. The summed E-state index contributed by atoms with van der Waals surface area (Å²) in [5, 5.41) is 22.7. The minimum Gasteiger partial charge on any atom is -0.508 e. The van der Waals surface area contributed by atoms with Gasteiger partial charge in [0.05, 0.1) is 6.21 Å². The van der Waals surface area contributed by atoms with Gasteiger partial charge in [-0.1, -0.05) is 30.3 Å². The van der Waals surface area contributed by atoms with E-state index in [1.54, 1.807) is 0 Å². The second kappa shape index (κ2) is 5.89. The minimum absolute atomic E-state index is 0.0256. The van der Waals surface area contributed by atoms with Crippen LogP contribution in [0, 0.1) is 5.92 Å². The molecule has 22 heavy (non-hydrogen) atoms. The van der Waals surface area contributed by atoms with Gasteiger partial charge >= 0.3 is 0 Å². The molecule has 1 aliphatic rings. The summed E-state index contributed by atoms with van der Waals surface area (Å²) in [4.78, 5) is 12.0. The van der Waals surface area contributed by atoms with E-state index in [2.05, 4.69) is 10.5 Å². The SMILES string of the molecule is O=C(N/N=C/c1ccc(O)cc1O)[C@H]1C[C@@H]1c1ccccc1. The Morgan fingerprint density at radius 1 is 1.18 bits per heavy atom. The number of aromatic hydroxyl groups is 2. The first-order valence-corrected chi connectivity index (χ1v) is 7.05. The van der Waals surface area contributed by atoms with Gasteiger partial charge in [0.25, 0.3) is 0 Å². The van der Waals surface area contributed by atoms with E-state index in [4.69, 9.17) is 0 Å². The van der Waals surface area contributed by atoms with E-state index in [0.29, 0.717) is 5.56 Å². The average molecular weight is 296 g/mol. The Morgan fingerprint density at radius 3 is 2.68 bits per heavy atom. The Kier molecular flexibility index (Phi) is 3.78. The first-order valence-electron chi connectivity index (χ1n) is 7.05. The van der Waals surface area contributed by atoms with Crippen LogP contribution in [0.15, 0.2) is 53.6 Å². The van der Waals surface area contributed by atoms with Gasteiger partial charge in [-0.2, -0.15) is 5.10 Å². The molecule has 0 spiro atoms. The number of amides is 1. The second-order valence-corrected chi connectivity index (χ2v) is 5.34. The highest BCUT2D eigenvalue weighted by molar-refractivity contribution is 5.87. The van der Waals surface area contributed by atoms with E-state index in [1.165, 1.54) is 30.0 Å². The lowest BCUT2D eigenvalue weighted by Gasteiger charge is -2.01. The maximum absolute atomic E-state index is 12.0. The van der Waals surface area contributed by atoms with Gasteiger partial charge in [-0.3, -0.25) is 4.79 Å². The maximum atomic E-state index is 12.0. The third-order valence-corrected chi connectivity index (χ3v) is 3.75. The summed E-state index contributed by atoms with van der Waals surface area (Å²) >= 11 is 0. The van der Waals surface area contributed by atoms with Crippen LogP contribution in [0.5, 0.6) is 11.5 Å². The van der Waals surface area contributed by atoms with Crippen molar-refractivity contribution in [2.45, 2.75) is 12.3 Å². The summed E-state index contributed by atoms with van der Waals surface area (Å²) in [5.74, 6) is -0.0243. The molecule has 1 saturated carbocycles. The summed E-state index contributed by atoms with van der Waals surface area (Å²) in [5.41, 5.74) is 4.09. The zero-order valence-electron chi connectivity index (χ0n) is 11.8. The maximum Gasteiger partial charge on any atom is 0.243 e. The van der Waals surface area contributed by atoms with Crippen LogP contribution in [0.3, 0.4) is 0 Å². The molecule has 3 rings (SSSR count). The van der Waals surface area contributed by atoms with Gasteiger partial charge in [0.15, 0.2) is 0 Å². The minimum atomic E-state index is -0.122. The van der Waals surface area contributed by atoms with Crippen LogP contribution in [-0.4, -0.2) is 22.3 Å². The molecule has 2 aromatic carbocycles. The fraction of sp³-hybridized carbons (Fsp3) is 0.176. The number of phenols is 2. The Bertz CT molecular complexity index is 713. The summed E-state index contributed by atoms with van der Waals surface area (Å²) < 4.78 is 0. The van der Waals surface area contributed by atoms with Crippen molar-refractivity contribution in [2.24, 2.45) is 11.0 Å². The number of rotatable bonds is 4. The second-order valence-electron chi connectivity index (χ2n) is 5.34. The zero-order chi connectivity index (χ0) is 15.5. The molecule has 0 saturated heterocycles. The largest absolute Gasteiger partial charge is 0.508 e. The quantitative estimate of drug-likeness (QED) is 0.598. The summed E-state index contributed by atoms with van der Waals surface area (Å²) in [6, 6.07) is 14.1. The molecule has 2 aromatic rings. The first-order chi connectivity index (χ1) is 10.6. The van der Waals surface area contributed by atoms with Crippen molar-refractivity contribution in [3.63, 3.8) is 0 Å². The molecule has 3 N–H and O–H groups in total. The summed E-state index contributed by atoms with van der Waals surface area (Å²) in [6.07, 6.45) is 2.18. The lowest BCUT2D eigenvalue weighted by Crippen LogP contribution is -2.20.